The van der Waals surface area contributed by atoms with E-state index in [9.17, 15) is 0 Å². The maximum atomic E-state index is 2.40. The number of hydrogen-bond donors (Lipinski definition) is 0. The monoisotopic (exact) mass is 818 g/mol. The van der Waals surface area contributed by atoms with Gasteiger partial charge in [0, 0.05) is 53.7 Å². The van der Waals surface area contributed by atoms with Crippen LogP contribution in [0.3, 0.4) is 0 Å². The lowest BCUT2D eigenvalue weighted by Gasteiger charge is -2.26. The third-order valence-corrected chi connectivity index (χ3v) is 14.2. The SMILES string of the molecule is c1cc(-c2ccc(N(c3ccc(-c4cccc5c4sc4c6ccccc6ccc54)cc3)c3ccc4ccc5ccccc5c4c3)cc2)cc(-n2c3ccccc3c3ccccc32)c1. The molecule has 0 atom stereocenters. The summed E-state index contributed by atoms with van der Waals surface area (Å²) in [6.07, 6.45) is 0. The van der Waals surface area contributed by atoms with E-state index in [1.165, 1.54) is 96.5 Å². The molecule has 0 saturated carbocycles. The van der Waals surface area contributed by atoms with Gasteiger partial charge in [-0.15, -0.1) is 11.3 Å². The van der Waals surface area contributed by atoms with Crippen molar-refractivity contribution >= 4 is 103 Å². The smallest absolute Gasteiger partial charge is 0.0541 e. The zero-order valence-corrected chi connectivity index (χ0v) is 35.1. The molecule has 63 heavy (non-hydrogen) atoms. The van der Waals surface area contributed by atoms with Crippen molar-refractivity contribution in [2.75, 3.05) is 4.90 Å². The van der Waals surface area contributed by atoms with Gasteiger partial charge in [-0.3, -0.25) is 0 Å². The maximum absolute atomic E-state index is 2.40. The third-order valence-electron chi connectivity index (χ3n) is 13.0. The van der Waals surface area contributed by atoms with E-state index in [1.54, 1.807) is 0 Å². The molecule has 294 valence electrons. The Kier molecular flexibility index (Phi) is 8.12. The highest BCUT2D eigenvalue weighted by Crippen LogP contribution is 2.44. The van der Waals surface area contributed by atoms with Gasteiger partial charge < -0.3 is 9.47 Å². The molecule has 0 amide bonds. The van der Waals surface area contributed by atoms with E-state index in [1.807, 2.05) is 11.3 Å². The number of hydrogen-bond acceptors (Lipinski definition) is 2. The fourth-order valence-corrected chi connectivity index (χ4v) is 11.3. The van der Waals surface area contributed by atoms with Crippen LogP contribution in [0.5, 0.6) is 0 Å². The van der Waals surface area contributed by atoms with Crippen LogP contribution < -0.4 is 4.90 Å². The van der Waals surface area contributed by atoms with Crippen LogP contribution in [0, 0.1) is 0 Å². The zero-order valence-electron chi connectivity index (χ0n) is 34.2. The van der Waals surface area contributed by atoms with Gasteiger partial charge in [-0.2, -0.15) is 0 Å². The first-order valence-electron chi connectivity index (χ1n) is 21.6. The number of benzene rings is 11. The second kappa shape index (κ2) is 14.3. The molecule has 2 aromatic heterocycles. The van der Waals surface area contributed by atoms with Crippen molar-refractivity contribution in [2.24, 2.45) is 0 Å². The summed E-state index contributed by atoms with van der Waals surface area (Å²) < 4.78 is 5.07. The molecular formula is C60H38N2S. The van der Waals surface area contributed by atoms with Gasteiger partial charge in [0.05, 0.1) is 11.0 Å². The molecule has 0 aliphatic heterocycles. The van der Waals surface area contributed by atoms with Crippen LogP contribution in [-0.4, -0.2) is 4.57 Å². The summed E-state index contributed by atoms with van der Waals surface area (Å²) in [5, 5.41) is 12.8. The molecule has 13 aromatic rings. The second-order valence-corrected chi connectivity index (χ2v) is 17.5. The quantitative estimate of drug-likeness (QED) is 0.152. The van der Waals surface area contributed by atoms with E-state index in [0.717, 1.165) is 22.7 Å². The fraction of sp³-hybridized carbons (Fsp3) is 0. The minimum Gasteiger partial charge on any atom is -0.310 e. The Hall–Kier alpha value is -7.98. The topological polar surface area (TPSA) is 8.17 Å². The van der Waals surface area contributed by atoms with Gasteiger partial charge in [-0.05, 0) is 115 Å². The lowest BCUT2D eigenvalue weighted by Crippen LogP contribution is -2.10. The molecule has 0 spiro atoms. The van der Waals surface area contributed by atoms with Crippen molar-refractivity contribution in [2.45, 2.75) is 0 Å². The lowest BCUT2D eigenvalue weighted by molar-refractivity contribution is 1.18. The van der Waals surface area contributed by atoms with Gasteiger partial charge in [0.1, 0.15) is 0 Å². The van der Waals surface area contributed by atoms with Crippen LogP contribution in [0.4, 0.5) is 17.1 Å². The second-order valence-electron chi connectivity index (χ2n) is 16.5. The largest absolute Gasteiger partial charge is 0.310 e. The Balaban J connectivity index is 0.919. The van der Waals surface area contributed by atoms with E-state index < -0.39 is 0 Å². The summed E-state index contributed by atoms with van der Waals surface area (Å²) in [6.45, 7) is 0. The number of anilines is 3. The molecule has 0 fully saturated rings. The summed E-state index contributed by atoms with van der Waals surface area (Å²) in [4.78, 5) is 2.40. The molecule has 2 nitrogen and oxygen atoms in total. The molecule has 2 heterocycles. The van der Waals surface area contributed by atoms with Crippen molar-refractivity contribution in [1.29, 1.82) is 0 Å². The molecule has 0 aliphatic rings. The van der Waals surface area contributed by atoms with Crippen molar-refractivity contribution in [3.63, 3.8) is 0 Å². The first-order valence-corrected chi connectivity index (χ1v) is 22.4. The Bertz CT molecular complexity index is 3860. The zero-order chi connectivity index (χ0) is 41.4. The van der Waals surface area contributed by atoms with Crippen LogP contribution in [0.1, 0.15) is 0 Å². The van der Waals surface area contributed by atoms with Crippen LogP contribution in [0.25, 0.3) is 102 Å². The van der Waals surface area contributed by atoms with E-state index >= 15 is 0 Å². The van der Waals surface area contributed by atoms with Crippen molar-refractivity contribution in [1.82, 2.24) is 4.57 Å². The fourth-order valence-electron chi connectivity index (χ4n) is 9.95. The summed E-state index contributed by atoms with van der Waals surface area (Å²) in [5.41, 5.74) is 11.7. The standard InChI is InChI=1S/C60H38N2S/c1-3-15-49-40(11-1)23-24-43-29-35-48(38-56(43)49)61(46-33-27-42(28-34-46)51-19-10-20-54-55-36-30-41-12-2-4-16-50(41)60(55)63-59(51)54)45-31-25-39(26-32-45)44-13-9-14-47(37-44)62-57-21-7-5-17-52(57)53-18-6-8-22-58(53)62/h1-38H. The lowest BCUT2D eigenvalue weighted by atomic mass is 9.99. The van der Waals surface area contributed by atoms with E-state index in [2.05, 4.69) is 240 Å². The van der Waals surface area contributed by atoms with Gasteiger partial charge >= 0.3 is 0 Å². The number of aromatic nitrogens is 1. The molecule has 0 saturated heterocycles. The number of fused-ring (bicyclic) bond motifs is 11. The molecule has 0 N–H and O–H groups in total. The van der Waals surface area contributed by atoms with Gasteiger partial charge in [0.25, 0.3) is 0 Å². The number of rotatable bonds is 6. The minimum atomic E-state index is 1.10. The van der Waals surface area contributed by atoms with Crippen LogP contribution >= 0.6 is 11.3 Å². The molecule has 3 heteroatoms. The molecule has 11 aromatic carbocycles. The molecular weight excluding hydrogens is 781 g/mol. The Morgan fingerprint density at radius 1 is 0.302 bits per heavy atom. The molecule has 0 bridgehead atoms. The summed E-state index contributed by atoms with van der Waals surface area (Å²) in [7, 11) is 0. The maximum Gasteiger partial charge on any atom is 0.0541 e. The molecule has 0 radical (unpaired) electrons. The highest BCUT2D eigenvalue weighted by atomic mass is 32.1. The first-order chi connectivity index (χ1) is 31.2. The average Bonchev–Trinajstić information content (AvgIpc) is 3.91. The van der Waals surface area contributed by atoms with Crippen molar-refractivity contribution in [3.8, 4) is 27.9 Å². The van der Waals surface area contributed by atoms with Crippen LogP contribution in [0.2, 0.25) is 0 Å². The van der Waals surface area contributed by atoms with E-state index in [4.69, 9.17) is 0 Å². The Morgan fingerprint density at radius 3 is 1.56 bits per heavy atom. The van der Waals surface area contributed by atoms with Crippen molar-refractivity contribution < 1.29 is 0 Å². The highest BCUT2D eigenvalue weighted by molar-refractivity contribution is 7.27. The predicted octanol–water partition coefficient (Wildman–Crippen LogP) is 17.4. The van der Waals surface area contributed by atoms with Gasteiger partial charge in [-0.1, -0.05) is 170 Å². The predicted molar refractivity (Wildman–Crippen MR) is 272 cm³/mol. The van der Waals surface area contributed by atoms with Gasteiger partial charge in [0.2, 0.25) is 0 Å². The first kappa shape index (κ1) is 35.7. The average molecular weight is 819 g/mol. The number of para-hydroxylation sites is 2. The number of thiophene rings is 1. The van der Waals surface area contributed by atoms with E-state index in [0.29, 0.717) is 0 Å². The highest BCUT2D eigenvalue weighted by Gasteiger charge is 2.18. The Labute approximate surface area is 368 Å². The van der Waals surface area contributed by atoms with E-state index in [-0.39, 0.29) is 0 Å². The minimum absolute atomic E-state index is 1.10. The normalized spacial score (nSPS) is 11.8. The van der Waals surface area contributed by atoms with Gasteiger partial charge in [0.15, 0.2) is 0 Å². The van der Waals surface area contributed by atoms with Crippen molar-refractivity contribution in [3.05, 3.63) is 231 Å². The van der Waals surface area contributed by atoms with Crippen LogP contribution in [-0.2, 0) is 0 Å². The van der Waals surface area contributed by atoms with Crippen LogP contribution in [0.15, 0.2) is 231 Å². The Morgan fingerprint density at radius 2 is 0.825 bits per heavy atom. The van der Waals surface area contributed by atoms with Gasteiger partial charge in [-0.25, -0.2) is 0 Å². The summed E-state index contributed by atoms with van der Waals surface area (Å²) >= 11 is 1.91. The third kappa shape index (κ3) is 5.78. The summed E-state index contributed by atoms with van der Waals surface area (Å²) in [5.74, 6) is 0. The summed E-state index contributed by atoms with van der Waals surface area (Å²) in [6, 6.07) is 84.7. The molecule has 0 unspecified atom stereocenters. The molecule has 13 rings (SSSR count). The number of nitrogens with zero attached hydrogens (tertiary/aromatic N) is 2. The molecule has 0 aliphatic carbocycles.